The smallest absolute Gasteiger partial charge is 0.335 e. The minimum Gasteiger partial charge on any atom is -0.478 e. The van der Waals surface area contributed by atoms with Crippen LogP contribution in [0.5, 0.6) is 0 Å². The number of carboxylic acid groups (broad SMARTS) is 1. The highest BCUT2D eigenvalue weighted by Gasteiger charge is 2.26. The van der Waals surface area contributed by atoms with E-state index in [1.807, 2.05) is 12.1 Å². The lowest BCUT2D eigenvalue weighted by atomic mass is 9.72. The van der Waals surface area contributed by atoms with E-state index in [0.29, 0.717) is 10.8 Å². The van der Waals surface area contributed by atoms with Gasteiger partial charge < -0.3 is 5.11 Å². The molecule has 0 aliphatic heterocycles. The van der Waals surface area contributed by atoms with Crippen molar-refractivity contribution in [2.24, 2.45) is 5.41 Å². The summed E-state index contributed by atoms with van der Waals surface area (Å²) in [5.74, 6) is -1.62. The van der Waals surface area contributed by atoms with Crippen LogP contribution in [0.4, 0.5) is 4.39 Å². The molecule has 0 spiro atoms. The van der Waals surface area contributed by atoms with E-state index >= 15 is 0 Å². The summed E-state index contributed by atoms with van der Waals surface area (Å²) >= 11 is 0. The molecule has 0 fully saturated rings. The van der Waals surface area contributed by atoms with Crippen LogP contribution in [0.1, 0.15) is 56.0 Å². The number of allylic oxidation sites excluding steroid dienone is 3. The zero-order valence-electron chi connectivity index (χ0n) is 14.9. The molecule has 2 nitrogen and oxygen atoms in total. The lowest BCUT2D eigenvalue weighted by Gasteiger charge is -2.32. The third kappa shape index (κ3) is 3.51. The first-order chi connectivity index (χ1) is 11.8. The predicted molar refractivity (Wildman–Crippen MR) is 100 cm³/mol. The van der Waals surface area contributed by atoms with Gasteiger partial charge in [0.2, 0.25) is 0 Å². The molecule has 3 rings (SSSR count). The number of aromatic carboxylic acids is 1. The third-order valence-corrected chi connectivity index (χ3v) is 5.16. The number of hydrogen-bond donors (Lipinski definition) is 1. The Hall–Kier alpha value is -2.42. The Labute approximate surface area is 147 Å². The first kappa shape index (κ1) is 17.4. The van der Waals surface area contributed by atoms with Crippen LogP contribution in [-0.2, 0) is 0 Å². The van der Waals surface area contributed by atoms with Crippen LogP contribution in [0.3, 0.4) is 0 Å². The van der Waals surface area contributed by atoms with Crippen LogP contribution in [-0.4, -0.2) is 11.1 Å². The number of benzene rings is 2. The van der Waals surface area contributed by atoms with Crippen molar-refractivity contribution < 1.29 is 14.3 Å². The summed E-state index contributed by atoms with van der Waals surface area (Å²) in [5.41, 5.74) is 3.83. The molecule has 0 saturated carbocycles. The number of rotatable bonds is 3. The fraction of sp³-hybridized carbons (Fsp3) is 0.318. The van der Waals surface area contributed by atoms with Crippen molar-refractivity contribution in [3.05, 3.63) is 64.5 Å². The number of fused-ring (bicyclic) bond motifs is 1. The van der Waals surface area contributed by atoms with E-state index in [2.05, 4.69) is 26.8 Å². The molecule has 1 N–H and O–H groups in total. The van der Waals surface area contributed by atoms with E-state index in [1.54, 1.807) is 12.1 Å². The van der Waals surface area contributed by atoms with Crippen LogP contribution >= 0.6 is 0 Å². The van der Waals surface area contributed by atoms with Gasteiger partial charge in [0.05, 0.1) is 5.56 Å². The summed E-state index contributed by atoms with van der Waals surface area (Å²) < 4.78 is 14.3. The summed E-state index contributed by atoms with van der Waals surface area (Å²) in [6, 6.07) is 8.03. The summed E-state index contributed by atoms with van der Waals surface area (Å²) in [7, 11) is 0. The summed E-state index contributed by atoms with van der Waals surface area (Å²) in [6.07, 6.45) is 7.71. The molecular formula is C22H23FO2. The summed E-state index contributed by atoms with van der Waals surface area (Å²) in [6.45, 7) is 6.72. The lowest BCUT2D eigenvalue weighted by Crippen LogP contribution is -2.18. The second kappa shape index (κ2) is 6.47. The molecule has 1 aliphatic carbocycles. The largest absolute Gasteiger partial charge is 0.478 e. The Morgan fingerprint density at radius 1 is 1.20 bits per heavy atom. The standard InChI is InChI=1S/C22H23FO2/c1-14-5-4-10-22(2,3)19(14)9-7-15-6-8-16-12-17(21(24)25)13-20(23)18(16)11-15/h6-9,11-13H,4-5,10H2,1-3H3,(H,24,25). The SMILES string of the molecule is CC1=C(C=Cc2ccc3cc(C(=O)O)cc(F)c3c2)C(C)(C)CCC1. The van der Waals surface area contributed by atoms with Crippen LogP contribution < -0.4 is 0 Å². The van der Waals surface area contributed by atoms with E-state index in [0.717, 1.165) is 18.1 Å². The number of halogens is 1. The molecule has 2 aromatic rings. The predicted octanol–water partition coefficient (Wildman–Crippen LogP) is 6.22. The molecule has 3 heteroatoms. The highest BCUT2D eigenvalue weighted by molar-refractivity contribution is 5.95. The Balaban J connectivity index is 1.99. The molecule has 0 aromatic heterocycles. The van der Waals surface area contributed by atoms with Crippen molar-refractivity contribution >= 4 is 22.8 Å². The van der Waals surface area contributed by atoms with Gasteiger partial charge in [-0.3, -0.25) is 0 Å². The van der Waals surface area contributed by atoms with Gasteiger partial charge in [-0.05, 0) is 66.3 Å². The maximum atomic E-state index is 14.3. The van der Waals surface area contributed by atoms with E-state index in [1.165, 1.54) is 30.1 Å². The molecular weight excluding hydrogens is 315 g/mol. The topological polar surface area (TPSA) is 37.3 Å². The normalized spacial score (nSPS) is 17.4. The van der Waals surface area contributed by atoms with E-state index in [9.17, 15) is 9.18 Å². The maximum Gasteiger partial charge on any atom is 0.335 e. The lowest BCUT2D eigenvalue weighted by molar-refractivity contribution is 0.0696. The molecule has 0 radical (unpaired) electrons. The summed E-state index contributed by atoms with van der Waals surface area (Å²) in [4.78, 5) is 11.1. The molecule has 25 heavy (non-hydrogen) atoms. The maximum absolute atomic E-state index is 14.3. The minimum absolute atomic E-state index is 0.0296. The van der Waals surface area contributed by atoms with E-state index in [-0.39, 0.29) is 11.0 Å². The van der Waals surface area contributed by atoms with Gasteiger partial charge >= 0.3 is 5.97 Å². The average Bonchev–Trinajstić information content (AvgIpc) is 2.54. The van der Waals surface area contributed by atoms with Crippen LogP contribution in [0.25, 0.3) is 16.8 Å². The average molecular weight is 338 g/mol. The Morgan fingerprint density at radius 3 is 2.64 bits per heavy atom. The van der Waals surface area contributed by atoms with Crippen molar-refractivity contribution in [2.45, 2.75) is 40.0 Å². The number of carboxylic acids is 1. The van der Waals surface area contributed by atoms with Gasteiger partial charge in [-0.1, -0.05) is 43.7 Å². The van der Waals surface area contributed by atoms with Crippen molar-refractivity contribution in [1.29, 1.82) is 0 Å². The van der Waals surface area contributed by atoms with Crippen molar-refractivity contribution in [3.8, 4) is 0 Å². The second-order valence-corrected chi connectivity index (χ2v) is 7.51. The Morgan fingerprint density at radius 2 is 1.96 bits per heavy atom. The second-order valence-electron chi connectivity index (χ2n) is 7.51. The van der Waals surface area contributed by atoms with Crippen molar-refractivity contribution in [1.82, 2.24) is 0 Å². The fourth-order valence-corrected chi connectivity index (χ4v) is 3.75. The van der Waals surface area contributed by atoms with Crippen molar-refractivity contribution in [3.63, 3.8) is 0 Å². The van der Waals surface area contributed by atoms with Gasteiger partial charge in [0.15, 0.2) is 0 Å². The quantitative estimate of drug-likeness (QED) is 0.721. The monoisotopic (exact) mass is 338 g/mol. The highest BCUT2D eigenvalue weighted by Crippen LogP contribution is 2.41. The van der Waals surface area contributed by atoms with Crippen LogP contribution in [0, 0.1) is 11.2 Å². The van der Waals surface area contributed by atoms with Gasteiger partial charge in [0.1, 0.15) is 5.82 Å². The van der Waals surface area contributed by atoms with Crippen molar-refractivity contribution in [2.75, 3.05) is 0 Å². The highest BCUT2D eigenvalue weighted by atomic mass is 19.1. The van der Waals surface area contributed by atoms with Gasteiger partial charge in [0.25, 0.3) is 0 Å². The third-order valence-electron chi connectivity index (χ3n) is 5.16. The molecule has 0 saturated heterocycles. The van der Waals surface area contributed by atoms with Crippen LogP contribution in [0.2, 0.25) is 0 Å². The zero-order chi connectivity index (χ0) is 18.2. The first-order valence-electron chi connectivity index (χ1n) is 8.63. The molecule has 0 heterocycles. The van der Waals surface area contributed by atoms with Gasteiger partial charge in [-0.2, -0.15) is 0 Å². The molecule has 0 unspecified atom stereocenters. The first-order valence-corrected chi connectivity index (χ1v) is 8.63. The molecule has 130 valence electrons. The number of carbonyl (C=O) groups is 1. The van der Waals surface area contributed by atoms with Gasteiger partial charge in [-0.25, -0.2) is 9.18 Å². The van der Waals surface area contributed by atoms with E-state index in [4.69, 9.17) is 5.11 Å². The molecule has 0 bridgehead atoms. The molecule has 0 atom stereocenters. The minimum atomic E-state index is -1.12. The summed E-state index contributed by atoms with van der Waals surface area (Å²) in [5, 5.41) is 10.1. The Kier molecular flexibility index (Phi) is 4.51. The number of hydrogen-bond acceptors (Lipinski definition) is 1. The van der Waals surface area contributed by atoms with Gasteiger partial charge in [-0.15, -0.1) is 0 Å². The zero-order valence-corrected chi connectivity index (χ0v) is 14.9. The molecule has 2 aromatic carbocycles. The molecule has 1 aliphatic rings. The van der Waals surface area contributed by atoms with E-state index < -0.39 is 11.8 Å². The fourth-order valence-electron chi connectivity index (χ4n) is 3.75. The Bertz CT molecular complexity index is 904. The van der Waals surface area contributed by atoms with Crippen LogP contribution in [0.15, 0.2) is 47.6 Å². The molecule has 0 amide bonds. The van der Waals surface area contributed by atoms with Gasteiger partial charge in [0, 0.05) is 5.39 Å².